The zero-order chi connectivity index (χ0) is 10.9. The molecule has 0 saturated carbocycles. The van der Waals surface area contributed by atoms with Crippen LogP contribution >= 0.6 is 0 Å². The Hall–Kier alpha value is 0.177. The van der Waals surface area contributed by atoms with Crippen molar-refractivity contribution in [2.75, 3.05) is 0 Å². The monoisotopic (exact) mass is 216 g/mol. The maximum Gasteiger partial charge on any atom is 0.162 e. The lowest BCUT2D eigenvalue weighted by Gasteiger charge is -2.20. The van der Waals surface area contributed by atoms with Gasteiger partial charge in [0.25, 0.3) is 0 Å². The molecule has 0 radical (unpaired) electrons. The van der Waals surface area contributed by atoms with E-state index in [-0.39, 0.29) is 5.04 Å². The maximum atomic E-state index is 9.21. The molecule has 0 aromatic carbocycles. The Bertz CT molecular complexity index is 123. The van der Waals surface area contributed by atoms with Crippen LogP contribution in [0.15, 0.2) is 0 Å². The molecule has 86 valence electrons. The summed E-state index contributed by atoms with van der Waals surface area (Å²) in [4.78, 5) is 9.21. The summed E-state index contributed by atoms with van der Waals surface area (Å²) in [5.41, 5.74) is 0. The summed E-state index contributed by atoms with van der Waals surface area (Å²) in [6.45, 7) is 6.67. The standard InChI is InChI=1S/C12H28OSi/c1-4-5-6-7-8-9-10-11-12(2,3)14-13/h13H,4-11,14H2,1-3H3. The van der Waals surface area contributed by atoms with Crippen LogP contribution in [0.3, 0.4) is 0 Å². The fourth-order valence-corrected chi connectivity index (χ4v) is 2.05. The van der Waals surface area contributed by atoms with Crippen molar-refractivity contribution in [1.29, 1.82) is 0 Å². The fraction of sp³-hybridized carbons (Fsp3) is 1.00. The molecule has 0 aliphatic carbocycles. The predicted molar refractivity (Wildman–Crippen MR) is 67.4 cm³/mol. The highest BCUT2D eigenvalue weighted by molar-refractivity contribution is 6.30. The van der Waals surface area contributed by atoms with E-state index in [4.69, 9.17) is 0 Å². The number of rotatable bonds is 9. The maximum absolute atomic E-state index is 9.21. The van der Waals surface area contributed by atoms with E-state index >= 15 is 0 Å². The van der Waals surface area contributed by atoms with E-state index in [1.54, 1.807) is 0 Å². The van der Waals surface area contributed by atoms with Gasteiger partial charge in [0.05, 0.1) is 0 Å². The SMILES string of the molecule is CCCCCCCCCC(C)(C)[SiH2]O. The summed E-state index contributed by atoms with van der Waals surface area (Å²) in [6.07, 6.45) is 10.8. The van der Waals surface area contributed by atoms with Crippen molar-refractivity contribution in [2.24, 2.45) is 0 Å². The molecule has 0 amide bonds. The summed E-state index contributed by atoms with van der Waals surface area (Å²) < 4.78 is 0. The zero-order valence-electron chi connectivity index (χ0n) is 10.3. The number of hydrogen-bond donors (Lipinski definition) is 1. The van der Waals surface area contributed by atoms with Crippen LogP contribution in [0.2, 0.25) is 5.04 Å². The molecule has 0 atom stereocenters. The Labute approximate surface area is 92.2 Å². The minimum absolute atomic E-state index is 0.281. The van der Waals surface area contributed by atoms with Crippen LogP contribution < -0.4 is 0 Å². The topological polar surface area (TPSA) is 20.2 Å². The summed E-state index contributed by atoms with van der Waals surface area (Å²) in [6, 6.07) is 0. The first-order valence-electron chi connectivity index (χ1n) is 6.23. The van der Waals surface area contributed by atoms with Gasteiger partial charge in [-0.3, -0.25) is 0 Å². The molecule has 1 nitrogen and oxygen atoms in total. The minimum Gasteiger partial charge on any atom is -0.438 e. The molecule has 0 rings (SSSR count). The molecule has 0 aromatic rings. The quantitative estimate of drug-likeness (QED) is 0.463. The van der Waals surface area contributed by atoms with Crippen molar-refractivity contribution in [3.05, 3.63) is 0 Å². The van der Waals surface area contributed by atoms with Gasteiger partial charge in [-0.05, 0) is 11.5 Å². The summed E-state index contributed by atoms with van der Waals surface area (Å²) >= 11 is 0. The molecular formula is C12H28OSi. The Morgan fingerprint density at radius 2 is 1.43 bits per heavy atom. The number of unbranched alkanes of at least 4 members (excludes halogenated alkanes) is 6. The lowest BCUT2D eigenvalue weighted by atomic mass is 10.0. The minimum atomic E-state index is -0.806. The van der Waals surface area contributed by atoms with Crippen molar-refractivity contribution in [1.82, 2.24) is 0 Å². The number of hydrogen-bond acceptors (Lipinski definition) is 1. The molecule has 0 bridgehead atoms. The molecule has 0 saturated heterocycles. The van der Waals surface area contributed by atoms with Crippen molar-refractivity contribution in [2.45, 2.75) is 77.2 Å². The van der Waals surface area contributed by atoms with Gasteiger partial charge >= 0.3 is 0 Å². The molecule has 14 heavy (non-hydrogen) atoms. The molecule has 2 heteroatoms. The molecule has 0 aliphatic rings. The van der Waals surface area contributed by atoms with Gasteiger partial charge in [0.15, 0.2) is 9.76 Å². The van der Waals surface area contributed by atoms with Crippen LogP contribution in [0.25, 0.3) is 0 Å². The normalized spacial score (nSPS) is 12.9. The van der Waals surface area contributed by atoms with Gasteiger partial charge in [0.1, 0.15) is 0 Å². The first-order chi connectivity index (χ1) is 6.62. The highest BCUT2D eigenvalue weighted by Gasteiger charge is 2.15. The third kappa shape index (κ3) is 8.76. The molecule has 0 aliphatic heterocycles. The van der Waals surface area contributed by atoms with Gasteiger partial charge in [-0.1, -0.05) is 65.7 Å². The smallest absolute Gasteiger partial charge is 0.162 e. The molecule has 0 aromatic heterocycles. The molecule has 1 N–H and O–H groups in total. The Morgan fingerprint density at radius 1 is 0.929 bits per heavy atom. The first-order valence-corrected chi connectivity index (χ1v) is 7.57. The van der Waals surface area contributed by atoms with Crippen LogP contribution in [0.5, 0.6) is 0 Å². The van der Waals surface area contributed by atoms with E-state index in [1.807, 2.05) is 0 Å². The van der Waals surface area contributed by atoms with Gasteiger partial charge in [0, 0.05) is 0 Å². The zero-order valence-corrected chi connectivity index (χ0v) is 11.7. The lowest BCUT2D eigenvalue weighted by Crippen LogP contribution is -2.11. The average molecular weight is 216 g/mol. The van der Waals surface area contributed by atoms with Crippen molar-refractivity contribution in [3.63, 3.8) is 0 Å². The van der Waals surface area contributed by atoms with Gasteiger partial charge in [-0.25, -0.2) is 0 Å². The molecule has 0 spiro atoms. The second-order valence-corrected chi connectivity index (χ2v) is 7.42. The molecule has 0 heterocycles. The van der Waals surface area contributed by atoms with Crippen molar-refractivity contribution < 1.29 is 4.80 Å². The second kappa shape index (κ2) is 8.48. The van der Waals surface area contributed by atoms with Crippen LogP contribution in [0.4, 0.5) is 0 Å². The summed E-state index contributed by atoms with van der Waals surface area (Å²) in [5, 5.41) is 0.281. The van der Waals surface area contributed by atoms with Crippen LogP contribution in [0.1, 0.15) is 72.1 Å². The first kappa shape index (κ1) is 14.2. The van der Waals surface area contributed by atoms with Gasteiger partial charge in [-0.15, -0.1) is 0 Å². The van der Waals surface area contributed by atoms with E-state index in [0.29, 0.717) is 0 Å². The highest BCUT2D eigenvalue weighted by Crippen LogP contribution is 2.29. The third-order valence-corrected chi connectivity index (χ3v) is 4.09. The largest absolute Gasteiger partial charge is 0.438 e. The van der Waals surface area contributed by atoms with Gasteiger partial charge in [0.2, 0.25) is 0 Å². The molecule has 0 fully saturated rings. The fourth-order valence-electron chi connectivity index (χ4n) is 1.64. The summed E-state index contributed by atoms with van der Waals surface area (Å²) in [5.74, 6) is 0. The summed E-state index contributed by atoms with van der Waals surface area (Å²) in [7, 11) is -0.806. The van der Waals surface area contributed by atoms with Crippen LogP contribution in [0, 0.1) is 0 Å². The Kier molecular flexibility index (Phi) is 8.59. The second-order valence-electron chi connectivity index (χ2n) is 5.19. The van der Waals surface area contributed by atoms with Gasteiger partial charge < -0.3 is 4.80 Å². The van der Waals surface area contributed by atoms with E-state index in [2.05, 4.69) is 20.8 Å². The average Bonchev–Trinajstić information content (AvgIpc) is 2.16. The Balaban J connectivity index is 3.13. The van der Waals surface area contributed by atoms with Crippen molar-refractivity contribution in [3.8, 4) is 0 Å². The Morgan fingerprint density at radius 3 is 1.93 bits per heavy atom. The molecular weight excluding hydrogens is 188 g/mol. The lowest BCUT2D eigenvalue weighted by molar-refractivity contribution is 0.472. The highest BCUT2D eigenvalue weighted by atomic mass is 28.2. The van der Waals surface area contributed by atoms with E-state index < -0.39 is 9.76 Å². The van der Waals surface area contributed by atoms with E-state index in [9.17, 15) is 4.80 Å². The van der Waals surface area contributed by atoms with Gasteiger partial charge in [-0.2, -0.15) is 0 Å². The third-order valence-electron chi connectivity index (χ3n) is 2.89. The van der Waals surface area contributed by atoms with Crippen molar-refractivity contribution >= 4 is 9.76 Å². The van der Waals surface area contributed by atoms with Crippen LogP contribution in [-0.4, -0.2) is 14.6 Å². The van der Waals surface area contributed by atoms with Crippen LogP contribution in [-0.2, 0) is 0 Å². The predicted octanol–water partition coefficient (Wildman–Crippen LogP) is 3.40. The van der Waals surface area contributed by atoms with E-state index in [0.717, 1.165) is 0 Å². The molecule has 0 unspecified atom stereocenters. The van der Waals surface area contributed by atoms with E-state index in [1.165, 1.54) is 51.4 Å².